The van der Waals surface area contributed by atoms with Crippen LogP contribution in [0, 0.1) is 0 Å². The Balaban J connectivity index is 1.14. The van der Waals surface area contributed by atoms with E-state index in [2.05, 4.69) is 194 Å². The van der Waals surface area contributed by atoms with E-state index in [9.17, 15) is 0 Å². The monoisotopic (exact) mass is 608 g/mol. The molecule has 0 nitrogen and oxygen atoms in total. The molecule has 0 bridgehead atoms. The minimum absolute atomic E-state index is 1.21. The largest absolute Gasteiger partial charge is 0.0622 e. The minimum atomic E-state index is 1.21. The van der Waals surface area contributed by atoms with Crippen LogP contribution < -0.4 is 0 Å². The van der Waals surface area contributed by atoms with Gasteiger partial charge in [0.15, 0.2) is 0 Å². The van der Waals surface area contributed by atoms with Gasteiger partial charge in [0.1, 0.15) is 0 Å². The van der Waals surface area contributed by atoms with E-state index >= 15 is 0 Å². The van der Waals surface area contributed by atoms with Crippen molar-refractivity contribution in [2.75, 3.05) is 0 Å². The van der Waals surface area contributed by atoms with Crippen molar-refractivity contribution in [1.82, 2.24) is 0 Å². The minimum Gasteiger partial charge on any atom is -0.0622 e. The Morgan fingerprint density at radius 3 is 1.17 bits per heavy atom. The first-order valence-electron chi connectivity index (χ1n) is 16.6. The van der Waals surface area contributed by atoms with Crippen LogP contribution in [0.4, 0.5) is 0 Å². The van der Waals surface area contributed by atoms with Gasteiger partial charge in [-0.1, -0.05) is 188 Å². The lowest BCUT2D eigenvalue weighted by Crippen LogP contribution is -1.91. The zero-order chi connectivity index (χ0) is 31.9. The Morgan fingerprint density at radius 1 is 0.208 bits per heavy atom. The second-order valence-corrected chi connectivity index (χ2v) is 12.5. The van der Waals surface area contributed by atoms with E-state index in [0.717, 1.165) is 0 Å². The van der Waals surface area contributed by atoms with Crippen LogP contribution in [0.2, 0.25) is 0 Å². The molecule has 0 N–H and O–H groups in total. The summed E-state index contributed by atoms with van der Waals surface area (Å²) in [5, 5.41) is 7.62. The second kappa shape index (κ2) is 11.8. The topological polar surface area (TPSA) is 0 Å². The van der Waals surface area contributed by atoms with Crippen molar-refractivity contribution in [3.63, 3.8) is 0 Å². The van der Waals surface area contributed by atoms with Gasteiger partial charge in [-0.15, -0.1) is 0 Å². The Hall–Kier alpha value is -6.24. The number of hydrogen-bond donors (Lipinski definition) is 0. The maximum absolute atomic E-state index is 2.32. The first-order chi connectivity index (χ1) is 23.8. The van der Waals surface area contributed by atoms with Gasteiger partial charge in [0.2, 0.25) is 0 Å². The third kappa shape index (κ3) is 4.87. The molecule has 0 radical (unpaired) electrons. The highest BCUT2D eigenvalue weighted by atomic mass is 14.2. The fraction of sp³-hybridized carbons (Fsp3) is 0. The highest BCUT2D eigenvalue weighted by Gasteiger charge is 2.17. The van der Waals surface area contributed by atoms with E-state index in [4.69, 9.17) is 0 Å². The molecule has 224 valence electrons. The van der Waals surface area contributed by atoms with Gasteiger partial charge >= 0.3 is 0 Å². The highest BCUT2D eigenvalue weighted by molar-refractivity contribution is 6.21. The molecule has 9 aromatic carbocycles. The Morgan fingerprint density at radius 2 is 0.583 bits per heavy atom. The zero-order valence-electron chi connectivity index (χ0n) is 26.5. The maximum atomic E-state index is 2.32. The van der Waals surface area contributed by atoms with Crippen LogP contribution in [0.25, 0.3) is 88.0 Å². The highest BCUT2D eigenvalue weighted by Crippen LogP contribution is 2.44. The smallest absolute Gasteiger partial charge is 0.00264 e. The SMILES string of the molecule is c1ccc(-c2ccc(-c3c4ccccc4c(-c4ccc(-c5cccc(-c6cccc7ccccc67)c5)cc4)c4ccccc34)cc2)cc1. The number of hydrogen-bond acceptors (Lipinski definition) is 0. The Kier molecular flexibility index (Phi) is 6.91. The molecule has 0 spiro atoms. The third-order valence-electron chi connectivity index (χ3n) is 9.68. The van der Waals surface area contributed by atoms with Crippen molar-refractivity contribution in [2.45, 2.75) is 0 Å². The molecule has 0 saturated heterocycles. The van der Waals surface area contributed by atoms with Crippen LogP contribution in [0.15, 0.2) is 194 Å². The van der Waals surface area contributed by atoms with Gasteiger partial charge in [0, 0.05) is 0 Å². The van der Waals surface area contributed by atoms with Crippen LogP contribution in [0.1, 0.15) is 0 Å². The van der Waals surface area contributed by atoms with Gasteiger partial charge in [-0.05, 0) is 94.0 Å². The average molecular weight is 609 g/mol. The lowest BCUT2D eigenvalue weighted by molar-refractivity contribution is 1.59. The molecule has 0 aliphatic rings. The van der Waals surface area contributed by atoms with Crippen molar-refractivity contribution >= 4 is 32.3 Å². The van der Waals surface area contributed by atoms with E-state index in [1.807, 2.05) is 0 Å². The fourth-order valence-electron chi connectivity index (χ4n) is 7.38. The van der Waals surface area contributed by atoms with E-state index in [0.29, 0.717) is 0 Å². The summed E-state index contributed by atoms with van der Waals surface area (Å²) in [5.41, 5.74) is 12.4. The molecular formula is C48H32. The van der Waals surface area contributed by atoms with Gasteiger partial charge in [-0.2, -0.15) is 0 Å². The summed E-state index contributed by atoms with van der Waals surface area (Å²) in [5.74, 6) is 0. The molecule has 0 heteroatoms. The molecule has 0 fully saturated rings. The number of rotatable bonds is 5. The molecule has 0 aliphatic carbocycles. The van der Waals surface area contributed by atoms with E-state index < -0.39 is 0 Å². The van der Waals surface area contributed by atoms with Gasteiger partial charge in [0.05, 0.1) is 0 Å². The van der Waals surface area contributed by atoms with E-state index in [-0.39, 0.29) is 0 Å². The molecule has 0 atom stereocenters. The van der Waals surface area contributed by atoms with Crippen molar-refractivity contribution < 1.29 is 0 Å². The first kappa shape index (κ1) is 28.0. The molecule has 0 amide bonds. The Bertz CT molecular complexity index is 2510. The lowest BCUT2D eigenvalue weighted by atomic mass is 9.85. The molecule has 0 aliphatic heterocycles. The normalized spacial score (nSPS) is 11.3. The van der Waals surface area contributed by atoms with Gasteiger partial charge in [-0.3, -0.25) is 0 Å². The van der Waals surface area contributed by atoms with Crippen LogP contribution in [0.3, 0.4) is 0 Å². The maximum Gasteiger partial charge on any atom is -0.00264 e. The molecule has 0 saturated carbocycles. The fourth-order valence-corrected chi connectivity index (χ4v) is 7.38. The summed E-state index contributed by atoms with van der Waals surface area (Å²) < 4.78 is 0. The summed E-state index contributed by atoms with van der Waals surface area (Å²) in [6.45, 7) is 0. The number of fused-ring (bicyclic) bond motifs is 3. The predicted molar refractivity (Wildman–Crippen MR) is 206 cm³/mol. The summed E-state index contributed by atoms with van der Waals surface area (Å²) in [6.07, 6.45) is 0. The molecular weight excluding hydrogens is 577 g/mol. The van der Waals surface area contributed by atoms with Crippen molar-refractivity contribution in [2.24, 2.45) is 0 Å². The van der Waals surface area contributed by atoms with E-state index in [1.54, 1.807) is 0 Å². The Labute approximate surface area is 281 Å². The third-order valence-corrected chi connectivity index (χ3v) is 9.68. The standard InChI is InChI=1S/C48H32/c1-2-12-33(13-3-1)34-24-28-37(29-25-34)47-43-19-6-8-21-45(43)48(46-22-9-7-20-44(46)47)38-30-26-35(27-31-38)39-16-10-17-40(32-39)42-23-11-15-36-14-4-5-18-41(36)42/h1-32H. The summed E-state index contributed by atoms with van der Waals surface area (Å²) in [7, 11) is 0. The average Bonchev–Trinajstić information content (AvgIpc) is 3.17. The second-order valence-electron chi connectivity index (χ2n) is 12.5. The van der Waals surface area contributed by atoms with Gasteiger partial charge in [0.25, 0.3) is 0 Å². The lowest BCUT2D eigenvalue weighted by Gasteiger charge is -2.18. The zero-order valence-corrected chi connectivity index (χ0v) is 26.5. The van der Waals surface area contributed by atoms with Crippen LogP contribution >= 0.6 is 0 Å². The molecule has 0 heterocycles. The van der Waals surface area contributed by atoms with Crippen LogP contribution in [-0.4, -0.2) is 0 Å². The van der Waals surface area contributed by atoms with Crippen molar-refractivity contribution in [3.8, 4) is 55.6 Å². The van der Waals surface area contributed by atoms with Crippen LogP contribution in [0.5, 0.6) is 0 Å². The molecule has 0 unspecified atom stereocenters. The summed E-state index contributed by atoms with van der Waals surface area (Å²) in [6, 6.07) is 70.6. The van der Waals surface area contributed by atoms with Gasteiger partial charge < -0.3 is 0 Å². The number of benzene rings is 9. The van der Waals surface area contributed by atoms with E-state index in [1.165, 1.54) is 88.0 Å². The quantitative estimate of drug-likeness (QED) is 0.171. The summed E-state index contributed by atoms with van der Waals surface area (Å²) in [4.78, 5) is 0. The van der Waals surface area contributed by atoms with Crippen molar-refractivity contribution in [3.05, 3.63) is 194 Å². The predicted octanol–water partition coefficient (Wildman–Crippen LogP) is 13.5. The first-order valence-corrected chi connectivity index (χ1v) is 16.6. The van der Waals surface area contributed by atoms with Gasteiger partial charge in [-0.25, -0.2) is 0 Å². The molecule has 9 aromatic rings. The molecule has 0 aromatic heterocycles. The van der Waals surface area contributed by atoms with Crippen molar-refractivity contribution in [1.29, 1.82) is 0 Å². The summed E-state index contributed by atoms with van der Waals surface area (Å²) >= 11 is 0. The molecule has 48 heavy (non-hydrogen) atoms. The van der Waals surface area contributed by atoms with Crippen LogP contribution in [-0.2, 0) is 0 Å². The molecule has 9 rings (SSSR count).